The molecule has 0 fully saturated rings. The summed E-state index contributed by atoms with van der Waals surface area (Å²) in [4.78, 5) is 12.4. The number of ether oxygens (including phenoxy) is 1. The normalized spacial score (nSPS) is 12.4. The van der Waals surface area contributed by atoms with Crippen LogP contribution < -0.4 is 10.1 Å². The van der Waals surface area contributed by atoms with E-state index >= 15 is 0 Å². The van der Waals surface area contributed by atoms with E-state index < -0.39 is 6.10 Å². The first-order valence-electron chi connectivity index (χ1n) is 8.74. The Hall–Kier alpha value is -3.22. The second-order valence-corrected chi connectivity index (χ2v) is 7.32. The number of carbonyl (C=O) groups excluding carboxylic acids is 1. The van der Waals surface area contributed by atoms with Crippen molar-refractivity contribution in [3.8, 4) is 11.4 Å². The van der Waals surface area contributed by atoms with Crippen LogP contribution in [-0.4, -0.2) is 32.2 Å². The Bertz CT molecular complexity index is 882. The molecule has 1 N–H and O–H groups in total. The van der Waals surface area contributed by atoms with Gasteiger partial charge in [0.25, 0.3) is 5.91 Å². The van der Waals surface area contributed by atoms with E-state index in [-0.39, 0.29) is 11.3 Å². The molecule has 27 heavy (non-hydrogen) atoms. The van der Waals surface area contributed by atoms with Crippen LogP contribution in [0.15, 0.2) is 54.9 Å². The van der Waals surface area contributed by atoms with E-state index in [4.69, 9.17) is 4.74 Å². The van der Waals surface area contributed by atoms with Gasteiger partial charge < -0.3 is 10.1 Å². The third kappa shape index (κ3) is 4.69. The number of nitrogens with one attached hydrogen (secondary N) is 1. The maximum Gasteiger partial charge on any atom is 0.265 e. The molecule has 0 bridgehead atoms. The number of amides is 1. The fourth-order valence-electron chi connectivity index (χ4n) is 2.51. The van der Waals surface area contributed by atoms with Crippen molar-refractivity contribution in [2.75, 3.05) is 5.32 Å². The molecular weight excluding hydrogens is 342 g/mol. The number of tetrazole rings is 1. The highest BCUT2D eigenvalue weighted by atomic mass is 16.5. The van der Waals surface area contributed by atoms with Crippen molar-refractivity contribution in [1.82, 2.24) is 20.2 Å². The molecule has 1 aromatic heterocycles. The molecule has 3 rings (SSSR count). The number of nitrogens with zero attached hydrogens (tertiary/aromatic N) is 4. The van der Waals surface area contributed by atoms with Crippen molar-refractivity contribution in [2.45, 2.75) is 39.2 Å². The molecule has 1 atom stereocenters. The molecule has 0 radical (unpaired) electrons. The van der Waals surface area contributed by atoms with Crippen LogP contribution >= 0.6 is 0 Å². The summed E-state index contributed by atoms with van der Waals surface area (Å²) in [6.07, 6.45) is 0.888. The van der Waals surface area contributed by atoms with Crippen molar-refractivity contribution in [2.24, 2.45) is 0 Å². The molecule has 0 aliphatic carbocycles. The van der Waals surface area contributed by atoms with Gasteiger partial charge in [-0.25, -0.2) is 4.68 Å². The molecule has 140 valence electrons. The summed E-state index contributed by atoms with van der Waals surface area (Å²) in [5, 5.41) is 13.9. The van der Waals surface area contributed by atoms with Crippen LogP contribution in [-0.2, 0) is 10.2 Å². The zero-order valence-electron chi connectivity index (χ0n) is 15.9. The molecule has 1 amide bonds. The predicted molar refractivity (Wildman–Crippen MR) is 103 cm³/mol. The van der Waals surface area contributed by atoms with Gasteiger partial charge in [-0.15, -0.1) is 5.10 Å². The largest absolute Gasteiger partial charge is 0.481 e. The van der Waals surface area contributed by atoms with Gasteiger partial charge in [0, 0.05) is 5.69 Å². The van der Waals surface area contributed by atoms with E-state index in [0.717, 1.165) is 5.69 Å². The standard InChI is InChI=1S/C20H23N5O2/c1-14(27-18-11-5-15(6-12-18)20(2,3)4)19(26)22-16-7-9-17(10-8-16)25-13-21-23-24-25/h5-14H,1-4H3,(H,22,26)/t14-/m0/s1. The summed E-state index contributed by atoms with van der Waals surface area (Å²) < 4.78 is 7.30. The number of anilines is 1. The highest BCUT2D eigenvalue weighted by molar-refractivity contribution is 5.94. The van der Waals surface area contributed by atoms with Gasteiger partial charge in [-0.3, -0.25) is 4.79 Å². The molecule has 3 aromatic rings. The minimum absolute atomic E-state index is 0.0793. The monoisotopic (exact) mass is 365 g/mol. The molecular formula is C20H23N5O2. The van der Waals surface area contributed by atoms with Crippen LogP contribution in [0.4, 0.5) is 5.69 Å². The third-order valence-electron chi connectivity index (χ3n) is 4.15. The van der Waals surface area contributed by atoms with Gasteiger partial charge in [0.05, 0.1) is 5.69 Å². The van der Waals surface area contributed by atoms with E-state index in [1.165, 1.54) is 11.9 Å². The van der Waals surface area contributed by atoms with Crippen LogP contribution in [0.25, 0.3) is 5.69 Å². The third-order valence-corrected chi connectivity index (χ3v) is 4.15. The fourth-order valence-corrected chi connectivity index (χ4v) is 2.51. The number of rotatable bonds is 5. The van der Waals surface area contributed by atoms with E-state index in [1.807, 2.05) is 36.4 Å². The average molecular weight is 365 g/mol. The van der Waals surface area contributed by atoms with Gasteiger partial charge in [-0.2, -0.15) is 0 Å². The molecule has 0 unspecified atom stereocenters. The van der Waals surface area contributed by atoms with Gasteiger partial charge in [0.2, 0.25) is 0 Å². The summed E-state index contributed by atoms with van der Waals surface area (Å²) in [7, 11) is 0. The zero-order valence-corrected chi connectivity index (χ0v) is 15.9. The highest BCUT2D eigenvalue weighted by Crippen LogP contribution is 2.24. The Morgan fingerprint density at radius 2 is 1.74 bits per heavy atom. The number of hydrogen-bond donors (Lipinski definition) is 1. The van der Waals surface area contributed by atoms with Crippen LogP contribution in [0.5, 0.6) is 5.75 Å². The molecule has 2 aromatic carbocycles. The quantitative estimate of drug-likeness (QED) is 0.750. The van der Waals surface area contributed by atoms with Gasteiger partial charge in [0.15, 0.2) is 6.10 Å². The maximum absolute atomic E-state index is 12.4. The van der Waals surface area contributed by atoms with Gasteiger partial charge in [-0.05, 0) is 64.7 Å². The first-order valence-corrected chi connectivity index (χ1v) is 8.74. The number of carbonyl (C=O) groups is 1. The second-order valence-electron chi connectivity index (χ2n) is 7.32. The topological polar surface area (TPSA) is 81.9 Å². The van der Waals surface area contributed by atoms with E-state index in [9.17, 15) is 4.79 Å². The first kappa shape index (κ1) is 18.6. The Morgan fingerprint density at radius 1 is 1.07 bits per heavy atom. The van der Waals surface area contributed by atoms with Crippen LogP contribution in [0.1, 0.15) is 33.3 Å². The Labute approximate surface area is 158 Å². The lowest BCUT2D eigenvalue weighted by molar-refractivity contribution is -0.122. The molecule has 1 heterocycles. The van der Waals surface area contributed by atoms with E-state index in [2.05, 4.69) is 41.6 Å². The van der Waals surface area contributed by atoms with Crippen molar-refractivity contribution in [3.05, 3.63) is 60.4 Å². The van der Waals surface area contributed by atoms with Crippen LogP contribution in [0, 0.1) is 0 Å². The zero-order chi connectivity index (χ0) is 19.4. The molecule has 0 saturated heterocycles. The molecule has 0 aliphatic heterocycles. The lowest BCUT2D eigenvalue weighted by Gasteiger charge is -2.20. The minimum Gasteiger partial charge on any atom is -0.481 e. The molecule has 0 spiro atoms. The van der Waals surface area contributed by atoms with Gasteiger partial charge in [-0.1, -0.05) is 32.9 Å². The summed E-state index contributed by atoms with van der Waals surface area (Å²) in [5.74, 6) is 0.449. The molecule has 7 nitrogen and oxygen atoms in total. The summed E-state index contributed by atoms with van der Waals surface area (Å²) >= 11 is 0. The summed E-state index contributed by atoms with van der Waals surface area (Å²) in [6.45, 7) is 8.19. The SMILES string of the molecule is C[C@H](Oc1ccc(C(C)(C)C)cc1)C(=O)Nc1ccc(-n2cnnn2)cc1. The number of aromatic nitrogens is 4. The van der Waals surface area contributed by atoms with Crippen molar-refractivity contribution in [1.29, 1.82) is 0 Å². The molecule has 0 saturated carbocycles. The van der Waals surface area contributed by atoms with Crippen LogP contribution in [0.2, 0.25) is 0 Å². The Kier molecular flexibility index (Phi) is 5.21. The fraction of sp³-hybridized carbons (Fsp3) is 0.300. The minimum atomic E-state index is -0.621. The van der Waals surface area contributed by atoms with Crippen LogP contribution in [0.3, 0.4) is 0 Å². The molecule has 0 aliphatic rings. The second kappa shape index (κ2) is 7.57. The lowest BCUT2D eigenvalue weighted by atomic mass is 9.87. The number of benzene rings is 2. The first-order chi connectivity index (χ1) is 12.8. The summed E-state index contributed by atoms with van der Waals surface area (Å²) in [6, 6.07) is 15.1. The van der Waals surface area contributed by atoms with Crippen molar-refractivity contribution >= 4 is 11.6 Å². The lowest BCUT2D eigenvalue weighted by Crippen LogP contribution is -2.30. The Balaban J connectivity index is 1.59. The molecule has 7 heteroatoms. The van der Waals surface area contributed by atoms with Crippen molar-refractivity contribution in [3.63, 3.8) is 0 Å². The van der Waals surface area contributed by atoms with Gasteiger partial charge >= 0.3 is 0 Å². The van der Waals surface area contributed by atoms with Crippen molar-refractivity contribution < 1.29 is 9.53 Å². The maximum atomic E-state index is 12.4. The predicted octanol–water partition coefficient (Wildman–Crippen LogP) is 3.37. The van der Waals surface area contributed by atoms with E-state index in [1.54, 1.807) is 23.7 Å². The smallest absolute Gasteiger partial charge is 0.265 e. The van der Waals surface area contributed by atoms with Gasteiger partial charge in [0.1, 0.15) is 12.1 Å². The summed E-state index contributed by atoms with van der Waals surface area (Å²) in [5.41, 5.74) is 2.78. The average Bonchev–Trinajstić information content (AvgIpc) is 3.16. The Morgan fingerprint density at radius 3 is 2.30 bits per heavy atom. The number of hydrogen-bond acceptors (Lipinski definition) is 5. The van der Waals surface area contributed by atoms with E-state index in [0.29, 0.717) is 11.4 Å². The highest BCUT2D eigenvalue weighted by Gasteiger charge is 2.17.